The van der Waals surface area contributed by atoms with Gasteiger partial charge in [-0.25, -0.2) is 0 Å². The summed E-state index contributed by atoms with van der Waals surface area (Å²) in [5.41, 5.74) is 2.72. The molecule has 1 amide bonds. The SMILES string of the molecule is CN1CCN(c2ccc3c(n2)Oc2ccccc2C3C(C)(C)C(=O)Nc2nncs2)CC1. The number of hydrogen-bond donors (Lipinski definition) is 1. The van der Waals surface area contributed by atoms with Crippen LogP contribution in [0.4, 0.5) is 10.9 Å². The van der Waals surface area contributed by atoms with Crippen LogP contribution in [0.3, 0.4) is 0 Å². The normalized spacial score (nSPS) is 18.5. The van der Waals surface area contributed by atoms with Gasteiger partial charge in [-0.15, -0.1) is 10.2 Å². The molecule has 1 aromatic carbocycles. The van der Waals surface area contributed by atoms with E-state index in [2.05, 4.69) is 38.4 Å². The summed E-state index contributed by atoms with van der Waals surface area (Å²) < 4.78 is 6.24. The topological polar surface area (TPSA) is 83.5 Å². The number of fused-ring (bicyclic) bond motifs is 2. The number of rotatable bonds is 4. The number of aromatic nitrogens is 3. The fraction of sp³-hybridized carbons (Fsp3) is 0.391. The zero-order valence-electron chi connectivity index (χ0n) is 18.4. The molecule has 0 aliphatic carbocycles. The summed E-state index contributed by atoms with van der Waals surface area (Å²) in [7, 11) is 2.14. The lowest BCUT2D eigenvalue weighted by Crippen LogP contribution is -2.45. The molecule has 1 fully saturated rings. The van der Waals surface area contributed by atoms with Gasteiger partial charge < -0.3 is 19.9 Å². The van der Waals surface area contributed by atoms with Crippen LogP contribution >= 0.6 is 11.3 Å². The van der Waals surface area contributed by atoms with Crippen molar-refractivity contribution in [3.63, 3.8) is 0 Å². The second-order valence-corrected chi connectivity index (χ2v) is 9.68. The number of para-hydroxylation sites is 1. The molecule has 2 aromatic heterocycles. The largest absolute Gasteiger partial charge is 0.438 e. The van der Waals surface area contributed by atoms with Gasteiger partial charge >= 0.3 is 0 Å². The quantitative estimate of drug-likeness (QED) is 0.650. The Morgan fingerprint density at radius 1 is 1.12 bits per heavy atom. The van der Waals surface area contributed by atoms with Gasteiger partial charge in [0, 0.05) is 43.2 Å². The third-order valence-electron chi connectivity index (χ3n) is 6.34. The third-order valence-corrected chi connectivity index (χ3v) is 6.94. The predicted octanol–water partition coefficient (Wildman–Crippen LogP) is 3.59. The number of piperazine rings is 1. The van der Waals surface area contributed by atoms with E-state index < -0.39 is 5.41 Å². The van der Waals surface area contributed by atoms with Crippen LogP contribution in [-0.2, 0) is 4.79 Å². The van der Waals surface area contributed by atoms with Gasteiger partial charge in [0.1, 0.15) is 17.1 Å². The van der Waals surface area contributed by atoms with E-state index in [9.17, 15) is 4.79 Å². The number of amides is 1. The highest BCUT2D eigenvalue weighted by Gasteiger charge is 2.44. The van der Waals surface area contributed by atoms with Crippen molar-refractivity contribution in [3.8, 4) is 11.6 Å². The maximum absolute atomic E-state index is 13.3. The number of carbonyl (C=O) groups excluding carboxylic acids is 1. The molecule has 8 nitrogen and oxygen atoms in total. The maximum Gasteiger partial charge on any atom is 0.232 e. The molecular weight excluding hydrogens is 424 g/mol. The molecule has 1 saturated heterocycles. The monoisotopic (exact) mass is 450 g/mol. The second kappa shape index (κ2) is 8.14. The summed E-state index contributed by atoms with van der Waals surface area (Å²) in [6, 6.07) is 12.0. The molecule has 32 heavy (non-hydrogen) atoms. The average molecular weight is 451 g/mol. The van der Waals surface area contributed by atoms with Crippen molar-refractivity contribution in [1.29, 1.82) is 0 Å². The molecule has 9 heteroatoms. The first-order valence-electron chi connectivity index (χ1n) is 10.7. The van der Waals surface area contributed by atoms with E-state index in [-0.39, 0.29) is 11.8 Å². The molecule has 0 bridgehead atoms. The first-order valence-corrected chi connectivity index (χ1v) is 11.6. The van der Waals surface area contributed by atoms with Gasteiger partial charge in [0.05, 0.1) is 5.41 Å². The van der Waals surface area contributed by atoms with Crippen LogP contribution in [0.25, 0.3) is 0 Å². The Morgan fingerprint density at radius 3 is 2.66 bits per heavy atom. The van der Waals surface area contributed by atoms with E-state index in [1.807, 2.05) is 44.2 Å². The number of hydrogen-bond acceptors (Lipinski definition) is 8. The molecule has 3 aromatic rings. The average Bonchev–Trinajstić information content (AvgIpc) is 3.30. The van der Waals surface area contributed by atoms with Crippen LogP contribution in [-0.4, -0.2) is 59.2 Å². The molecule has 5 rings (SSSR count). The van der Waals surface area contributed by atoms with Gasteiger partial charge in [-0.05, 0) is 25.2 Å². The smallest absolute Gasteiger partial charge is 0.232 e. The number of likely N-dealkylation sites (N-methyl/N-ethyl adjacent to an activating group) is 1. The molecule has 1 unspecified atom stereocenters. The van der Waals surface area contributed by atoms with Crippen molar-refractivity contribution >= 4 is 28.2 Å². The van der Waals surface area contributed by atoms with Gasteiger partial charge in [-0.1, -0.05) is 43.4 Å². The van der Waals surface area contributed by atoms with Crippen LogP contribution in [0.1, 0.15) is 30.9 Å². The van der Waals surface area contributed by atoms with E-state index in [4.69, 9.17) is 9.72 Å². The number of nitrogens with one attached hydrogen (secondary N) is 1. The van der Waals surface area contributed by atoms with Gasteiger partial charge in [0.15, 0.2) is 0 Å². The van der Waals surface area contributed by atoms with Gasteiger partial charge in [0.2, 0.25) is 16.9 Å². The standard InChI is InChI=1S/C23H26N6O2S/c1-23(2,21(30)26-22-27-24-14-32-22)19-15-6-4-5-7-17(15)31-20-16(19)8-9-18(25-20)29-12-10-28(3)11-13-29/h4-9,14,19H,10-13H2,1-3H3,(H,26,27,30). The lowest BCUT2D eigenvalue weighted by molar-refractivity contribution is -0.124. The molecule has 0 radical (unpaired) electrons. The van der Waals surface area contributed by atoms with Crippen LogP contribution in [0.15, 0.2) is 41.9 Å². The molecule has 2 aliphatic rings. The zero-order chi connectivity index (χ0) is 22.3. The summed E-state index contributed by atoms with van der Waals surface area (Å²) in [5.74, 6) is 1.88. The number of anilines is 2. The Bertz CT molecular complexity index is 1130. The van der Waals surface area contributed by atoms with Gasteiger partial charge in [-0.3, -0.25) is 4.79 Å². The maximum atomic E-state index is 13.3. The van der Waals surface area contributed by atoms with Crippen molar-refractivity contribution in [1.82, 2.24) is 20.1 Å². The van der Waals surface area contributed by atoms with Crippen molar-refractivity contribution in [3.05, 3.63) is 53.0 Å². The van der Waals surface area contributed by atoms with E-state index in [0.717, 1.165) is 48.9 Å². The number of pyridine rings is 1. The Morgan fingerprint density at radius 2 is 1.91 bits per heavy atom. The Labute approximate surface area is 191 Å². The minimum atomic E-state index is -0.780. The van der Waals surface area contributed by atoms with E-state index in [0.29, 0.717) is 11.0 Å². The van der Waals surface area contributed by atoms with Crippen molar-refractivity contribution < 1.29 is 9.53 Å². The Hall–Kier alpha value is -3.04. The summed E-state index contributed by atoms with van der Waals surface area (Å²) in [6.45, 7) is 7.77. The summed E-state index contributed by atoms with van der Waals surface area (Å²) >= 11 is 1.30. The highest BCUT2D eigenvalue weighted by Crippen LogP contribution is 2.52. The number of carbonyl (C=O) groups is 1. The van der Waals surface area contributed by atoms with Crippen LogP contribution < -0.4 is 15.0 Å². The van der Waals surface area contributed by atoms with Crippen LogP contribution in [0, 0.1) is 5.41 Å². The van der Waals surface area contributed by atoms with Gasteiger partial charge in [-0.2, -0.15) is 4.98 Å². The first-order chi connectivity index (χ1) is 15.4. The molecule has 166 valence electrons. The summed E-state index contributed by atoms with van der Waals surface area (Å²) in [6.07, 6.45) is 0. The fourth-order valence-electron chi connectivity index (χ4n) is 4.43. The lowest BCUT2D eigenvalue weighted by Gasteiger charge is -2.38. The van der Waals surface area contributed by atoms with E-state index >= 15 is 0 Å². The number of benzene rings is 1. The highest BCUT2D eigenvalue weighted by atomic mass is 32.1. The third kappa shape index (κ3) is 3.71. The molecule has 0 spiro atoms. The van der Waals surface area contributed by atoms with Crippen LogP contribution in [0.2, 0.25) is 0 Å². The second-order valence-electron chi connectivity index (χ2n) is 8.85. The Balaban J connectivity index is 1.52. The van der Waals surface area contributed by atoms with Gasteiger partial charge in [0.25, 0.3) is 0 Å². The molecule has 4 heterocycles. The molecule has 1 N–H and O–H groups in total. The summed E-state index contributed by atoms with van der Waals surface area (Å²) in [4.78, 5) is 22.8. The van der Waals surface area contributed by atoms with Crippen molar-refractivity contribution in [2.45, 2.75) is 19.8 Å². The van der Waals surface area contributed by atoms with E-state index in [1.165, 1.54) is 11.3 Å². The minimum Gasteiger partial charge on any atom is -0.438 e. The lowest BCUT2D eigenvalue weighted by atomic mass is 9.70. The summed E-state index contributed by atoms with van der Waals surface area (Å²) in [5, 5.41) is 11.2. The minimum absolute atomic E-state index is 0.120. The zero-order valence-corrected chi connectivity index (χ0v) is 19.2. The highest BCUT2D eigenvalue weighted by molar-refractivity contribution is 7.13. The molecule has 2 aliphatic heterocycles. The number of nitrogens with zero attached hydrogens (tertiary/aromatic N) is 5. The van der Waals surface area contributed by atoms with E-state index in [1.54, 1.807) is 5.51 Å². The number of ether oxygens (including phenoxy) is 1. The predicted molar refractivity (Wildman–Crippen MR) is 125 cm³/mol. The molecule has 1 atom stereocenters. The van der Waals surface area contributed by atoms with Crippen molar-refractivity contribution in [2.75, 3.05) is 43.4 Å². The first kappa shape index (κ1) is 20.8. The molecular formula is C23H26N6O2S. The Kier molecular flexibility index (Phi) is 5.30. The van der Waals surface area contributed by atoms with Crippen LogP contribution in [0.5, 0.6) is 11.6 Å². The fourth-order valence-corrected chi connectivity index (χ4v) is 4.87. The molecule has 0 saturated carbocycles. The van der Waals surface area contributed by atoms with Crippen molar-refractivity contribution in [2.24, 2.45) is 5.41 Å².